The number of furan rings is 1. The highest BCUT2D eigenvalue weighted by molar-refractivity contribution is 5.79. The molecule has 0 aliphatic rings. The molecule has 130 valence electrons. The van der Waals surface area contributed by atoms with E-state index >= 15 is 0 Å². The molecule has 0 atom stereocenters. The standard InChI is InChI=1S/C17H24N4O3/c1-18-17(21-12-14-6-8-19-16(11-14)22-2)20-7-4-9-23-13-15-5-3-10-24-15/h3,5-6,8,10-11H,4,7,9,12-13H2,1-2H3,(H2,18,20,21). The lowest BCUT2D eigenvalue weighted by atomic mass is 10.2. The van der Waals surface area contributed by atoms with Crippen molar-refractivity contribution in [2.24, 2.45) is 4.99 Å². The van der Waals surface area contributed by atoms with Crippen LogP contribution in [0.5, 0.6) is 5.88 Å². The second kappa shape index (κ2) is 10.3. The maximum Gasteiger partial charge on any atom is 0.213 e. The van der Waals surface area contributed by atoms with E-state index in [1.54, 1.807) is 26.6 Å². The summed E-state index contributed by atoms with van der Waals surface area (Å²) in [6.07, 6.45) is 4.25. The van der Waals surface area contributed by atoms with Gasteiger partial charge in [-0.05, 0) is 30.2 Å². The fourth-order valence-corrected chi connectivity index (χ4v) is 2.03. The van der Waals surface area contributed by atoms with E-state index in [0.717, 1.165) is 30.2 Å². The first-order valence-electron chi connectivity index (χ1n) is 7.85. The summed E-state index contributed by atoms with van der Waals surface area (Å²) >= 11 is 0. The van der Waals surface area contributed by atoms with Crippen LogP contribution in [0, 0.1) is 0 Å². The summed E-state index contributed by atoms with van der Waals surface area (Å²) in [5.74, 6) is 2.19. The van der Waals surface area contributed by atoms with Crippen molar-refractivity contribution in [3.8, 4) is 5.88 Å². The van der Waals surface area contributed by atoms with Gasteiger partial charge in [-0.1, -0.05) is 0 Å². The van der Waals surface area contributed by atoms with Gasteiger partial charge in [-0.15, -0.1) is 0 Å². The lowest BCUT2D eigenvalue weighted by molar-refractivity contribution is 0.105. The predicted octanol–water partition coefficient (Wildman–Crippen LogP) is 1.96. The lowest BCUT2D eigenvalue weighted by Crippen LogP contribution is -2.37. The van der Waals surface area contributed by atoms with Crippen LogP contribution < -0.4 is 15.4 Å². The Hall–Kier alpha value is -2.54. The maximum absolute atomic E-state index is 5.53. The van der Waals surface area contributed by atoms with Gasteiger partial charge in [0.05, 0.1) is 13.4 Å². The minimum atomic E-state index is 0.504. The van der Waals surface area contributed by atoms with Gasteiger partial charge in [0.15, 0.2) is 5.96 Å². The van der Waals surface area contributed by atoms with E-state index in [4.69, 9.17) is 13.9 Å². The summed E-state index contributed by atoms with van der Waals surface area (Å²) in [6, 6.07) is 7.58. The zero-order chi connectivity index (χ0) is 17.0. The summed E-state index contributed by atoms with van der Waals surface area (Å²) in [6.45, 7) is 2.58. The molecule has 0 amide bonds. The third kappa shape index (κ3) is 6.29. The van der Waals surface area contributed by atoms with E-state index in [1.807, 2.05) is 24.3 Å². The number of pyridine rings is 1. The SMILES string of the molecule is CN=C(NCCCOCc1ccco1)NCc1ccnc(OC)c1. The van der Waals surface area contributed by atoms with Crippen molar-refractivity contribution in [3.05, 3.63) is 48.0 Å². The zero-order valence-corrected chi connectivity index (χ0v) is 14.1. The number of hydrogen-bond donors (Lipinski definition) is 2. The molecule has 0 saturated heterocycles. The van der Waals surface area contributed by atoms with Crippen molar-refractivity contribution in [2.45, 2.75) is 19.6 Å². The summed E-state index contributed by atoms with van der Waals surface area (Å²) in [4.78, 5) is 8.28. The van der Waals surface area contributed by atoms with Crippen molar-refractivity contribution in [2.75, 3.05) is 27.3 Å². The Morgan fingerprint density at radius 1 is 1.33 bits per heavy atom. The number of aliphatic imine (C=N–C) groups is 1. The van der Waals surface area contributed by atoms with E-state index in [9.17, 15) is 0 Å². The number of methoxy groups -OCH3 is 1. The molecule has 24 heavy (non-hydrogen) atoms. The predicted molar refractivity (Wildman–Crippen MR) is 92.0 cm³/mol. The van der Waals surface area contributed by atoms with Crippen LogP contribution in [-0.2, 0) is 17.9 Å². The van der Waals surface area contributed by atoms with E-state index in [2.05, 4.69) is 20.6 Å². The van der Waals surface area contributed by atoms with Crippen LogP contribution in [0.4, 0.5) is 0 Å². The van der Waals surface area contributed by atoms with Crippen molar-refractivity contribution < 1.29 is 13.9 Å². The molecule has 2 aromatic rings. The van der Waals surface area contributed by atoms with Crippen LogP contribution >= 0.6 is 0 Å². The molecule has 0 saturated carbocycles. The number of nitrogens with one attached hydrogen (secondary N) is 2. The maximum atomic E-state index is 5.53. The topological polar surface area (TPSA) is 80.9 Å². The van der Waals surface area contributed by atoms with Crippen molar-refractivity contribution in [3.63, 3.8) is 0 Å². The molecule has 2 aromatic heterocycles. The Balaban J connectivity index is 1.60. The molecule has 0 aromatic carbocycles. The Morgan fingerprint density at radius 2 is 2.25 bits per heavy atom. The molecule has 0 unspecified atom stereocenters. The largest absolute Gasteiger partial charge is 0.481 e. The van der Waals surface area contributed by atoms with Crippen LogP contribution in [0.2, 0.25) is 0 Å². The fraction of sp³-hybridized carbons (Fsp3) is 0.412. The van der Waals surface area contributed by atoms with Crippen LogP contribution in [0.25, 0.3) is 0 Å². The third-order valence-electron chi connectivity index (χ3n) is 3.27. The first-order chi connectivity index (χ1) is 11.8. The van der Waals surface area contributed by atoms with Gasteiger partial charge in [0.1, 0.15) is 12.4 Å². The Bertz CT molecular complexity index is 614. The summed E-state index contributed by atoms with van der Waals surface area (Å²) in [5.41, 5.74) is 1.08. The van der Waals surface area contributed by atoms with Crippen LogP contribution in [0.1, 0.15) is 17.7 Å². The molecule has 7 nitrogen and oxygen atoms in total. The minimum absolute atomic E-state index is 0.504. The second-order valence-electron chi connectivity index (χ2n) is 5.04. The molecular weight excluding hydrogens is 308 g/mol. The molecule has 0 aliphatic heterocycles. The average Bonchev–Trinajstić information content (AvgIpc) is 3.14. The van der Waals surface area contributed by atoms with E-state index < -0.39 is 0 Å². The molecule has 0 fully saturated rings. The molecular formula is C17H24N4O3. The minimum Gasteiger partial charge on any atom is -0.481 e. The van der Waals surface area contributed by atoms with Gasteiger partial charge in [0.25, 0.3) is 0 Å². The number of hydrogen-bond acceptors (Lipinski definition) is 5. The molecule has 0 bridgehead atoms. The number of rotatable bonds is 9. The first-order valence-corrected chi connectivity index (χ1v) is 7.85. The third-order valence-corrected chi connectivity index (χ3v) is 3.27. The van der Waals surface area contributed by atoms with Crippen LogP contribution in [-0.4, -0.2) is 38.3 Å². The summed E-state index contributed by atoms with van der Waals surface area (Å²) < 4.78 is 15.8. The molecule has 2 heterocycles. The lowest BCUT2D eigenvalue weighted by Gasteiger charge is -2.12. The monoisotopic (exact) mass is 332 g/mol. The number of guanidine groups is 1. The summed E-state index contributed by atoms with van der Waals surface area (Å²) in [5, 5.41) is 6.50. The molecule has 0 aliphatic carbocycles. The van der Waals surface area contributed by atoms with Crippen molar-refractivity contribution in [1.29, 1.82) is 0 Å². The highest BCUT2D eigenvalue weighted by Gasteiger charge is 2.01. The zero-order valence-electron chi connectivity index (χ0n) is 14.1. The van der Waals surface area contributed by atoms with Gasteiger partial charge in [-0.2, -0.15) is 0 Å². The Kier molecular flexibility index (Phi) is 7.62. The van der Waals surface area contributed by atoms with Gasteiger partial charge in [0, 0.05) is 39.0 Å². The van der Waals surface area contributed by atoms with E-state index in [1.165, 1.54) is 0 Å². The van der Waals surface area contributed by atoms with Crippen molar-refractivity contribution >= 4 is 5.96 Å². The van der Waals surface area contributed by atoms with E-state index in [-0.39, 0.29) is 0 Å². The molecule has 2 rings (SSSR count). The average molecular weight is 332 g/mol. The molecule has 0 radical (unpaired) electrons. The number of aromatic nitrogens is 1. The summed E-state index contributed by atoms with van der Waals surface area (Å²) in [7, 11) is 3.35. The highest BCUT2D eigenvalue weighted by atomic mass is 16.5. The van der Waals surface area contributed by atoms with Crippen LogP contribution in [0.15, 0.2) is 46.1 Å². The number of nitrogens with zero attached hydrogens (tertiary/aromatic N) is 2. The van der Waals surface area contributed by atoms with E-state index in [0.29, 0.717) is 25.6 Å². The first kappa shape index (κ1) is 17.8. The van der Waals surface area contributed by atoms with Gasteiger partial charge < -0.3 is 24.5 Å². The normalized spacial score (nSPS) is 11.3. The van der Waals surface area contributed by atoms with Crippen LogP contribution in [0.3, 0.4) is 0 Å². The van der Waals surface area contributed by atoms with Gasteiger partial charge in [-0.3, -0.25) is 4.99 Å². The molecule has 7 heteroatoms. The van der Waals surface area contributed by atoms with Crippen molar-refractivity contribution in [1.82, 2.24) is 15.6 Å². The fourth-order valence-electron chi connectivity index (χ4n) is 2.03. The second-order valence-corrected chi connectivity index (χ2v) is 5.04. The quantitative estimate of drug-likeness (QED) is 0.415. The Morgan fingerprint density at radius 3 is 3.00 bits per heavy atom. The van der Waals surface area contributed by atoms with Gasteiger partial charge >= 0.3 is 0 Å². The highest BCUT2D eigenvalue weighted by Crippen LogP contribution is 2.07. The molecule has 0 spiro atoms. The van der Waals surface area contributed by atoms with Gasteiger partial charge in [-0.25, -0.2) is 4.98 Å². The Labute approximate surface area is 142 Å². The smallest absolute Gasteiger partial charge is 0.213 e. The van der Waals surface area contributed by atoms with Gasteiger partial charge in [0.2, 0.25) is 5.88 Å². The molecule has 2 N–H and O–H groups in total. The number of ether oxygens (including phenoxy) is 2.